The van der Waals surface area contributed by atoms with E-state index in [0.717, 1.165) is 30.5 Å². The number of rotatable bonds is 8. The molecule has 1 aromatic heterocycles. The Morgan fingerprint density at radius 3 is 2.56 bits per heavy atom. The predicted octanol–water partition coefficient (Wildman–Crippen LogP) is 4.45. The molecule has 1 N–H and O–H groups in total. The first kappa shape index (κ1) is 24.2. The van der Waals surface area contributed by atoms with Crippen LogP contribution < -0.4 is 5.32 Å². The van der Waals surface area contributed by atoms with Gasteiger partial charge in [0.15, 0.2) is 9.84 Å². The van der Waals surface area contributed by atoms with Crippen LogP contribution >= 0.6 is 0 Å². The summed E-state index contributed by atoms with van der Waals surface area (Å²) in [5.74, 6) is 0.504. The van der Waals surface area contributed by atoms with Crippen molar-refractivity contribution in [3.63, 3.8) is 0 Å². The summed E-state index contributed by atoms with van der Waals surface area (Å²) in [4.78, 5) is 16.5. The van der Waals surface area contributed by atoms with Gasteiger partial charge in [0, 0.05) is 31.0 Å². The van der Waals surface area contributed by atoms with E-state index in [0.29, 0.717) is 30.9 Å². The van der Waals surface area contributed by atoms with Crippen LogP contribution in [0.5, 0.6) is 0 Å². The Hall–Kier alpha value is -2.93. The third-order valence-electron chi connectivity index (χ3n) is 6.89. The number of carbonyl (C=O) groups is 1. The van der Waals surface area contributed by atoms with Gasteiger partial charge in [-0.1, -0.05) is 49.4 Å². The number of amides is 1. The van der Waals surface area contributed by atoms with Gasteiger partial charge in [0.05, 0.1) is 17.3 Å². The molecule has 7 heteroatoms. The fraction of sp³-hybridized carbons (Fsp3) is 0.407. The number of hydrogen-bond donors (Lipinski definition) is 1. The number of carbonyl (C=O) groups excluding carboxylic acids is 1. The summed E-state index contributed by atoms with van der Waals surface area (Å²) in [6, 6.07) is 17.2. The Labute approximate surface area is 202 Å². The van der Waals surface area contributed by atoms with E-state index in [1.54, 1.807) is 12.5 Å². The molecule has 0 aliphatic carbocycles. The maximum atomic E-state index is 13.2. The zero-order valence-electron chi connectivity index (χ0n) is 19.6. The van der Waals surface area contributed by atoms with Crippen molar-refractivity contribution in [3.8, 4) is 0 Å². The minimum atomic E-state index is -3.24. The molecule has 34 heavy (non-hydrogen) atoms. The van der Waals surface area contributed by atoms with Gasteiger partial charge in [-0.15, -0.1) is 0 Å². The molecule has 2 aromatic carbocycles. The summed E-state index contributed by atoms with van der Waals surface area (Å²) < 4.78 is 28.5. The van der Waals surface area contributed by atoms with Gasteiger partial charge in [-0.05, 0) is 60.8 Å². The van der Waals surface area contributed by atoms with Gasteiger partial charge in [-0.3, -0.25) is 4.79 Å². The minimum absolute atomic E-state index is 0.0709. The largest absolute Gasteiger partial charge is 0.352 e. The number of aryl methyl sites for hydroxylation is 1. The lowest BCUT2D eigenvalue weighted by molar-refractivity contribution is 0.0952. The van der Waals surface area contributed by atoms with Crippen LogP contribution in [0.15, 0.2) is 73.3 Å². The highest BCUT2D eigenvalue weighted by atomic mass is 32.2. The zero-order chi connectivity index (χ0) is 24.0. The maximum Gasteiger partial charge on any atom is 0.251 e. The van der Waals surface area contributed by atoms with Crippen molar-refractivity contribution >= 4 is 15.7 Å². The normalized spacial score (nSPS) is 22.1. The molecule has 1 fully saturated rings. The van der Waals surface area contributed by atoms with E-state index in [1.807, 2.05) is 65.4 Å². The molecule has 180 valence electrons. The van der Waals surface area contributed by atoms with Crippen molar-refractivity contribution in [2.24, 2.45) is 11.8 Å². The molecular formula is C27H33N3O3S. The summed E-state index contributed by atoms with van der Waals surface area (Å²) >= 11 is 0. The van der Waals surface area contributed by atoms with Crippen LogP contribution in [0.4, 0.5) is 0 Å². The summed E-state index contributed by atoms with van der Waals surface area (Å²) in [6.07, 6.45) is 8.51. The predicted molar refractivity (Wildman–Crippen MR) is 134 cm³/mol. The first-order valence-electron chi connectivity index (χ1n) is 12.0. The molecule has 3 aromatic rings. The van der Waals surface area contributed by atoms with Crippen LogP contribution in [0.2, 0.25) is 0 Å². The van der Waals surface area contributed by atoms with E-state index in [2.05, 4.69) is 17.2 Å². The molecule has 2 heterocycles. The Balaban J connectivity index is 1.33. The van der Waals surface area contributed by atoms with Crippen molar-refractivity contribution in [2.45, 2.75) is 44.4 Å². The van der Waals surface area contributed by atoms with Crippen LogP contribution in [0.25, 0.3) is 0 Å². The fourth-order valence-corrected chi connectivity index (χ4v) is 7.13. The van der Waals surface area contributed by atoms with Gasteiger partial charge in [-0.2, -0.15) is 0 Å². The van der Waals surface area contributed by atoms with Gasteiger partial charge in [0.25, 0.3) is 5.91 Å². The number of hydrogen-bond acceptors (Lipinski definition) is 4. The van der Waals surface area contributed by atoms with Crippen molar-refractivity contribution < 1.29 is 13.2 Å². The molecule has 3 atom stereocenters. The monoisotopic (exact) mass is 479 g/mol. The van der Waals surface area contributed by atoms with Crippen LogP contribution in [0.1, 0.15) is 52.9 Å². The van der Waals surface area contributed by atoms with E-state index in [-0.39, 0.29) is 17.6 Å². The van der Waals surface area contributed by atoms with Crippen molar-refractivity contribution in [3.05, 3.63) is 90.0 Å². The number of aromatic nitrogens is 2. The highest BCUT2D eigenvalue weighted by Crippen LogP contribution is 2.38. The number of sulfone groups is 1. The number of nitrogens with zero attached hydrogens (tertiary/aromatic N) is 2. The van der Waals surface area contributed by atoms with Crippen molar-refractivity contribution in [1.82, 2.24) is 14.9 Å². The molecule has 3 unspecified atom stereocenters. The average Bonchev–Trinajstić information content (AvgIpc) is 3.32. The fourth-order valence-electron chi connectivity index (χ4n) is 4.79. The van der Waals surface area contributed by atoms with Crippen LogP contribution in [0.3, 0.4) is 0 Å². The molecule has 0 radical (unpaired) electrons. The highest BCUT2D eigenvalue weighted by molar-refractivity contribution is 7.91. The van der Waals surface area contributed by atoms with Crippen molar-refractivity contribution in [1.29, 1.82) is 0 Å². The average molecular weight is 480 g/mol. The first-order chi connectivity index (χ1) is 16.4. The maximum absolute atomic E-state index is 13.2. The SMILES string of the molecule is CC1CCC(c2ccccc2)S(=O)(=O)CC1Cc1ccc(C(=O)NCCCn2ccnc2)cc1. The van der Waals surface area contributed by atoms with Gasteiger partial charge in [-0.25, -0.2) is 13.4 Å². The smallest absolute Gasteiger partial charge is 0.251 e. The molecule has 1 saturated heterocycles. The van der Waals surface area contributed by atoms with E-state index in [1.165, 1.54) is 0 Å². The third kappa shape index (κ3) is 6.14. The summed E-state index contributed by atoms with van der Waals surface area (Å²) in [5, 5.41) is 2.54. The Morgan fingerprint density at radius 1 is 1.09 bits per heavy atom. The highest BCUT2D eigenvalue weighted by Gasteiger charge is 2.36. The van der Waals surface area contributed by atoms with Crippen LogP contribution in [-0.2, 0) is 22.8 Å². The number of imidazole rings is 1. The molecule has 4 rings (SSSR count). The molecule has 0 spiro atoms. The van der Waals surface area contributed by atoms with Gasteiger partial charge in [0.2, 0.25) is 0 Å². The van der Waals surface area contributed by atoms with Gasteiger partial charge < -0.3 is 9.88 Å². The quantitative estimate of drug-likeness (QED) is 0.484. The molecule has 1 aliphatic rings. The third-order valence-corrected chi connectivity index (χ3v) is 9.16. The Kier molecular flexibility index (Phi) is 7.83. The molecule has 1 aliphatic heterocycles. The molecule has 6 nitrogen and oxygen atoms in total. The van der Waals surface area contributed by atoms with E-state index >= 15 is 0 Å². The summed E-state index contributed by atoms with van der Waals surface area (Å²) in [7, 11) is -3.24. The lowest BCUT2D eigenvalue weighted by Gasteiger charge is -2.21. The van der Waals surface area contributed by atoms with E-state index < -0.39 is 15.1 Å². The number of nitrogens with one attached hydrogen (secondary N) is 1. The lowest BCUT2D eigenvalue weighted by atomic mass is 9.86. The summed E-state index contributed by atoms with van der Waals surface area (Å²) in [6.45, 7) is 3.57. The Bertz CT molecular complexity index is 1160. The molecule has 0 bridgehead atoms. The van der Waals surface area contributed by atoms with Gasteiger partial charge >= 0.3 is 0 Å². The Morgan fingerprint density at radius 2 is 1.85 bits per heavy atom. The van der Waals surface area contributed by atoms with Crippen molar-refractivity contribution in [2.75, 3.05) is 12.3 Å². The topological polar surface area (TPSA) is 81.1 Å². The van der Waals surface area contributed by atoms with Crippen LogP contribution in [-0.4, -0.2) is 36.2 Å². The molecule has 0 saturated carbocycles. The second-order valence-corrected chi connectivity index (χ2v) is 11.6. The first-order valence-corrected chi connectivity index (χ1v) is 13.7. The second kappa shape index (κ2) is 11.0. The van der Waals surface area contributed by atoms with E-state index in [4.69, 9.17) is 0 Å². The zero-order valence-corrected chi connectivity index (χ0v) is 20.5. The second-order valence-electron chi connectivity index (χ2n) is 9.35. The van der Waals surface area contributed by atoms with Gasteiger partial charge in [0.1, 0.15) is 0 Å². The molecular weight excluding hydrogens is 446 g/mol. The lowest BCUT2D eigenvalue weighted by Crippen LogP contribution is -2.25. The summed E-state index contributed by atoms with van der Waals surface area (Å²) in [5.41, 5.74) is 2.59. The molecule has 1 amide bonds. The number of benzene rings is 2. The van der Waals surface area contributed by atoms with E-state index in [9.17, 15) is 13.2 Å². The minimum Gasteiger partial charge on any atom is -0.352 e. The van der Waals surface area contributed by atoms with Crippen LogP contribution in [0, 0.1) is 11.8 Å². The standard InChI is InChI=1S/C27H33N3O3S/c1-21-8-13-26(23-6-3-2-4-7-23)34(32,33)19-25(21)18-22-9-11-24(12-10-22)27(31)29-14-5-16-30-17-15-28-20-30/h2-4,6-7,9-12,15,17,20-21,25-26H,5,8,13-14,16,18-19H2,1H3,(H,29,31).